The van der Waals surface area contributed by atoms with Gasteiger partial charge < -0.3 is 10.3 Å². The SMILES string of the molecule is Cc1ccc2c(c(N)c(-c3ccc(C(=O)CC(C)C(F)(F)F)cn3)n2C2C=CCC2)c1F. The number of halogens is 4. The van der Waals surface area contributed by atoms with Crippen molar-refractivity contribution in [2.24, 2.45) is 5.92 Å². The van der Waals surface area contributed by atoms with Crippen LogP contribution in [0.5, 0.6) is 0 Å². The largest absolute Gasteiger partial charge is 0.396 e. The summed E-state index contributed by atoms with van der Waals surface area (Å²) in [6.45, 7) is 2.64. The fraction of sp³-hybridized carbons (Fsp3) is 0.333. The molecule has 4 nitrogen and oxygen atoms in total. The molecule has 2 aromatic heterocycles. The van der Waals surface area contributed by atoms with Gasteiger partial charge in [-0.05, 0) is 43.5 Å². The van der Waals surface area contributed by atoms with Gasteiger partial charge in [0.05, 0.1) is 39.9 Å². The molecule has 32 heavy (non-hydrogen) atoms. The smallest absolute Gasteiger partial charge is 0.391 e. The highest BCUT2D eigenvalue weighted by Gasteiger charge is 2.37. The molecule has 3 aromatic rings. The number of nitrogen functional groups attached to an aromatic ring is 1. The van der Waals surface area contributed by atoms with Crippen molar-refractivity contribution in [3.8, 4) is 11.4 Å². The van der Waals surface area contributed by atoms with Crippen molar-refractivity contribution in [3.05, 3.63) is 59.6 Å². The number of alkyl halides is 3. The summed E-state index contributed by atoms with van der Waals surface area (Å²) in [4.78, 5) is 16.6. The van der Waals surface area contributed by atoms with E-state index < -0.39 is 30.1 Å². The second kappa shape index (κ2) is 8.07. The normalized spacial score (nSPS) is 17.2. The van der Waals surface area contributed by atoms with E-state index in [4.69, 9.17) is 5.73 Å². The minimum Gasteiger partial charge on any atom is -0.396 e. The number of carbonyl (C=O) groups is 1. The topological polar surface area (TPSA) is 60.9 Å². The van der Waals surface area contributed by atoms with E-state index in [2.05, 4.69) is 11.1 Å². The maximum atomic E-state index is 15.0. The van der Waals surface area contributed by atoms with Crippen LogP contribution in [0.3, 0.4) is 0 Å². The molecule has 2 heterocycles. The molecule has 1 aromatic carbocycles. The number of pyridine rings is 1. The lowest BCUT2D eigenvalue weighted by molar-refractivity contribution is -0.168. The van der Waals surface area contributed by atoms with Crippen LogP contribution in [0.25, 0.3) is 22.3 Å². The molecule has 2 unspecified atom stereocenters. The van der Waals surface area contributed by atoms with Gasteiger partial charge in [-0.1, -0.05) is 25.1 Å². The second-order valence-corrected chi connectivity index (χ2v) is 8.30. The van der Waals surface area contributed by atoms with Gasteiger partial charge in [0, 0.05) is 18.2 Å². The maximum Gasteiger partial charge on any atom is 0.391 e. The summed E-state index contributed by atoms with van der Waals surface area (Å²) in [6, 6.07) is 6.50. The summed E-state index contributed by atoms with van der Waals surface area (Å²) in [5, 5.41) is 0.321. The lowest BCUT2D eigenvalue weighted by atomic mass is 10.00. The molecule has 0 radical (unpaired) electrons. The molecule has 0 saturated heterocycles. The number of carbonyl (C=O) groups excluding carboxylic acids is 1. The fourth-order valence-electron chi connectivity index (χ4n) is 4.14. The maximum absolute atomic E-state index is 15.0. The Bertz CT molecular complexity index is 1210. The lowest BCUT2D eigenvalue weighted by Crippen LogP contribution is -2.22. The molecule has 0 bridgehead atoms. The van der Waals surface area contributed by atoms with Crippen LogP contribution in [-0.2, 0) is 0 Å². The molecule has 1 aliphatic rings. The predicted octanol–water partition coefficient (Wildman–Crippen LogP) is 6.40. The van der Waals surface area contributed by atoms with Gasteiger partial charge in [0.25, 0.3) is 0 Å². The summed E-state index contributed by atoms with van der Waals surface area (Å²) in [5.41, 5.74) is 8.83. The van der Waals surface area contributed by atoms with Gasteiger partial charge in [0.1, 0.15) is 5.82 Å². The Morgan fingerprint density at radius 2 is 2.03 bits per heavy atom. The molecule has 1 aliphatic carbocycles. The molecular formula is C24H23F4N3O. The number of allylic oxidation sites excluding steroid dienone is 2. The summed E-state index contributed by atoms with van der Waals surface area (Å²) in [7, 11) is 0. The number of hydrogen-bond acceptors (Lipinski definition) is 3. The van der Waals surface area contributed by atoms with Crippen LogP contribution in [0.15, 0.2) is 42.6 Å². The van der Waals surface area contributed by atoms with Gasteiger partial charge in [-0.15, -0.1) is 0 Å². The number of nitrogens with zero attached hydrogens (tertiary/aromatic N) is 2. The van der Waals surface area contributed by atoms with Crippen LogP contribution >= 0.6 is 0 Å². The van der Waals surface area contributed by atoms with Crippen LogP contribution in [-0.4, -0.2) is 21.5 Å². The van der Waals surface area contributed by atoms with Gasteiger partial charge in [-0.25, -0.2) is 4.39 Å². The van der Waals surface area contributed by atoms with E-state index in [1.165, 1.54) is 12.3 Å². The number of aryl methyl sites for hydroxylation is 1. The van der Waals surface area contributed by atoms with Crippen molar-refractivity contribution in [2.45, 2.75) is 45.3 Å². The monoisotopic (exact) mass is 445 g/mol. The van der Waals surface area contributed by atoms with E-state index in [1.807, 2.05) is 16.7 Å². The average Bonchev–Trinajstić information content (AvgIpc) is 3.36. The zero-order valence-electron chi connectivity index (χ0n) is 17.7. The first kappa shape index (κ1) is 22.0. The molecule has 0 fully saturated rings. The van der Waals surface area contributed by atoms with E-state index in [9.17, 15) is 22.4 Å². The van der Waals surface area contributed by atoms with Crippen molar-refractivity contribution in [1.29, 1.82) is 0 Å². The van der Waals surface area contributed by atoms with Gasteiger partial charge in [0.15, 0.2) is 5.78 Å². The van der Waals surface area contributed by atoms with Crippen molar-refractivity contribution in [2.75, 3.05) is 5.73 Å². The molecule has 0 aliphatic heterocycles. The number of aromatic nitrogens is 2. The van der Waals surface area contributed by atoms with E-state index >= 15 is 0 Å². The Morgan fingerprint density at radius 3 is 2.62 bits per heavy atom. The molecule has 4 rings (SSSR count). The standard InChI is InChI=1S/C24H23F4N3O/c1-13-7-10-18-20(21(13)25)22(29)23(31(18)16-5-3-4-6-16)17-9-8-15(12-30-17)19(32)11-14(2)24(26,27)28/h3,5,7-10,12,14,16H,4,6,11,29H2,1-2H3. The molecule has 0 spiro atoms. The van der Waals surface area contributed by atoms with E-state index in [0.29, 0.717) is 27.9 Å². The number of hydrogen-bond donors (Lipinski definition) is 1. The minimum absolute atomic E-state index is 0.0253. The van der Waals surface area contributed by atoms with Crippen molar-refractivity contribution >= 4 is 22.4 Å². The summed E-state index contributed by atoms with van der Waals surface area (Å²) >= 11 is 0. The molecule has 2 atom stereocenters. The van der Waals surface area contributed by atoms with Crippen LogP contribution in [0.2, 0.25) is 0 Å². The second-order valence-electron chi connectivity index (χ2n) is 8.30. The van der Waals surface area contributed by atoms with E-state index in [0.717, 1.165) is 19.8 Å². The lowest BCUT2D eigenvalue weighted by Gasteiger charge is -2.17. The molecule has 0 amide bonds. The van der Waals surface area contributed by atoms with Crippen molar-refractivity contribution < 1.29 is 22.4 Å². The molecule has 0 saturated carbocycles. The van der Waals surface area contributed by atoms with Gasteiger partial charge >= 0.3 is 6.18 Å². The number of Topliss-reactive ketones (excluding diaryl/α,β-unsaturated/α-hetero) is 1. The van der Waals surface area contributed by atoms with Crippen LogP contribution in [0.1, 0.15) is 48.1 Å². The molecular weight excluding hydrogens is 422 g/mol. The Hall–Kier alpha value is -3.16. The number of anilines is 1. The van der Waals surface area contributed by atoms with Crippen molar-refractivity contribution in [3.63, 3.8) is 0 Å². The first-order valence-electron chi connectivity index (χ1n) is 10.4. The third-order valence-electron chi connectivity index (χ3n) is 6.04. The summed E-state index contributed by atoms with van der Waals surface area (Å²) < 4.78 is 55.3. The Labute approximate surface area is 182 Å². The van der Waals surface area contributed by atoms with Crippen molar-refractivity contribution in [1.82, 2.24) is 9.55 Å². The highest BCUT2D eigenvalue weighted by Crippen LogP contribution is 2.42. The highest BCUT2D eigenvalue weighted by atomic mass is 19.4. The van der Waals surface area contributed by atoms with E-state index in [1.54, 1.807) is 19.1 Å². The van der Waals surface area contributed by atoms with Crippen LogP contribution in [0.4, 0.5) is 23.2 Å². The number of fused-ring (bicyclic) bond motifs is 1. The molecule has 2 N–H and O–H groups in total. The highest BCUT2D eigenvalue weighted by molar-refractivity contribution is 6.02. The minimum atomic E-state index is -4.44. The van der Waals surface area contributed by atoms with Crippen LogP contribution < -0.4 is 5.73 Å². The van der Waals surface area contributed by atoms with Gasteiger partial charge in [-0.2, -0.15) is 13.2 Å². The average molecular weight is 445 g/mol. The Kier molecular flexibility index (Phi) is 5.56. The van der Waals surface area contributed by atoms with Gasteiger partial charge in [0.2, 0.25) is 0 Å². The van der Waals surface area contributed by atoms with Gasteiger partial charge in [-0.3, -0.25) is 9.78 Å². The first-order valence-corrected chi connectivity index (χ1v) is 10.4. The van der Waals surface area contributed by atoms with Crippen LogP contribution in [0, 0.1) is 18.7 Å². The summed E-state index contributed by atoms with van der Waals surface area (Å²) in [5.74, 6) is -2.77. The van der Waals surface area contributed by atoms with E-state index in [-0.39, 0.29) is 17.3 Å². The number of benzene rings is 1. The third kappa shape index (κ3) is 3.78. The number of nitrogens with two attached hydrogens (primary N) is 1. The first-order chi connectivity index (χ1) is 15.1. The zero-order chi connectivity index (χ0) is 23.2. The fourth-order valence-corrected chi connectivity index (χ4v) is 4.14. The zero-order valence-corrected chi connectivity index (χ0v) is 17.7. The Balaban J connectivity index is 1.77. The number of ketones is 1. The summed E-state index contributed by atoms with van der Waals surface area (Å²) in [6.07, 6.45) is 1.98. The third-order valence-corrected chi connectivity index (χ3v) is 6.04. The number of rotatable bonds is 5. The Morgan fingerprint density at radius 1 is 1.28 bits per heavy atom. The quantitative estimate of drug-likeness (QED) is 0.281. The predicted molar refractivity (Wildman–Crippen MR) is 116 cm³/mol. The molecule has 168 valence electrons. The molecule has 8 heteroatoms.